The average molecular weight is 256 g/mol. The maximum absolute atomic E-state index is 13.2. The van der Waals surface area contributed by atoms with Crippen LogP contribution in [0.1, 0.15) is 46.8 Å². The van der Waals surface area contributed by atoms with Crippen LogP contribution in [0, 0.1) is 12.7 Å². The second-order valence-electron chi connectivity index (χ2n) is 5.07. The summed E-state index contributed by atoms with van der Waals surface area (Å²) < 4.78 is 13.2. The van der Waals surface area contributed by atoms with Crippen molar-refractivity contribution in [1.29, 1.82) is 0 Å². The van der Waals surface area contributed by atoms with E-state index in [-0.39, 0.29) is 11.6 Å². The van der Waals surface area contributed by atoms with Crippen LogP contribution in [0.25, 0.3) is 0 Å². The average Bonchev–Trinajstić information content (AvgIpc) is 2.41. The Kier molecular flexibility index (Phi) is 3.79. The summed E-state index contributed by atoms with van der Waals surface area (Å²) in [7, 11) is 0. The monoisotopic (exact) mass is 256 g/mol. The van der Waals surface area contributed by atoms with Crippen molar-refractivity contribution in [2.75, 3.05) is 0 Å². The fourth-order valence-corrected chi connectivity index (χ4v) is 2.01. The lowest BCUT2D eigenvalue weighted by Gasteiger charge is -2.08. The predicted octanol–water partition coefficient (Wildman–Crippen LogP) is 4.49. The molecule has 0 heterocycles. The lowest BCUT2D eigenvalue weighted by Crippen LogP contribution is -2.04. The Morgan fingerprint density at radius 1 is 1.05 bits per heavy atom. The molecule has 2 rings (SSSR count). The van der Waals surface area contributed by atoms with Gasteiger partial charge in [-0.25, -0.2) is 4.39 Å². The molecule has 0 fully saturated rings. The van der Waals surface area contributed by atoms with Crippen LogP contribution in [0.3, 0.4) is 0 Å². The Labute approximate surface area is 113 Å². The van der Waals surface area contributed by atoms with Crippen LogP contribution < -0.4 is 0 Å². The zero-order valence-electron chi connectivity index (χ0n) is 11.4. The molecule has 0 aromatic heterocycles. The second-order valence-corrected chi connectivity index (χ2v) is 5.07. The molecule has 0 aliphatic heterocycles. The fraction of sp³-hybridized carbons (Fsp3) is 0.235. The molecular formula is C17H17FO. The molecule has 0 spiro atoms. The first-order valence-electron chi connectivity index (χ1n) is 6.40. The van der Waals surface area contributed by atoms with E-state index in [1.165, 1.54) is 17.7 Å². The van der Waals surface area contributed by atoms with Crippen molar-refractivity contribution >= 4 is 5.78 Å². The van der Waals surface area contributed by atoms with E-state index in [0.29, 0.717) is 17.0 Å². The molecule has 0 atom stereocenters. The van der Waals surface area contributed by atoms with Gasteiger partial charge in [0.05, 0.1) is 0 Å². The summed E-state index contributed by atoms with van der Waals surface area (Å²) >= 11 is 0. The van der Waals surface area contributed by atoms with Gasteiger partial charge in [0.1, 0.15) is 5.82 Å². The normalized spacial score (nSPS) is 10.8. The highest BCUT2D eigenvalue weighted by molar-refractivity contribution is 6.09. The molecule has 2 heteroatoms. The van der Waals surface area contributed by atoms with E-state index < -0.39 is 0 Å². The molecule has 1 nitrogen and oxygen atoms in total. The van der Waals surface area contributed by atoms with Crippen LogP contribution in [-0.4, -0.2) is 5.78 Å². The number of halogens is 1. The predicted molar refractivity (Wildman–Crippen MR) is 75.1 cm³/mol. The minimum Gasteiger partial charge on any atom is -0.289 e. The van der Waals surface area contributed by atoms with E-state index >= 15 is 0 Å². The van der Waals surface area contributed by atoms with Crippen LogP contribution in [0.15, 0.2) is 42.5 Å². The molecular weight excluding hydrogens is 239 g/mol. The van der Waals surface area contributed by atoms with E-state index in [0.717, 1.165) is 5.56 Å². The molecule has 0 aliphatic carbocycles. The first-order chi connectivity index (χ1) is 8.99. The van der Waals surface area contributed by atoms with Crippen molar-refractivity contribution in [3.05, 3.63) is 70.5 Å². The Bertz CT molecular complexity index is 597. The summed E-state index contributed by atoms with van der Waals surface area (Å²) in [5.74, 6) is -0.0832. The lowest BCUT2D eigenvalue weighted by molar-refractivity contribution is 0.103. The number of hydrogen-bond donors (Lipinski definition) is 0. The Morgan fingerprint density at radius 2 is 1.68 bits per heavy atom. The standard InChI is InChI=1S/C17H17FO/c1-11(2)13-5-7-14(8-6-13)17(19)16-10-15(18)9-4-12(16)3/h4-11H,1-3H3. The quantitative estimate of drug-likeness (QED) is 0.739. The van der Waals surface area contributed by atoms with Crippen LogP contribution in [0.4, 0.5) is 4.39 Å². The smallest absolute Gasteiger partial charge is 0.193 e. The zero-order chi connectivity index (χ0) is 14.0. The molecule has 0 amide bonds. The van der Waals surface area contributed by atoms with E-state index in [1.54, 1.807) is 6.07 Å². The Balaban J connectivity index is 2.36. The van der Waals surface area contributed by atoms with Gasteiger partial charge in [-0.2, -0.15) is 0 Å². The third kappa shape index (κ3) is 2.90. The molecule has 0 aliphatic rings. The van der Waals surface area contributed by atoms with Crippen LogP contribution in [0.5, 0.6) is 0 Å². The minimum absolute atomic E-state index is 0.132. The number of hydrogen-bond acceptors (Lipinski definition) is 1. The molecule has 0 radical (unpaired) electrons. The molecule has 0 unspecified atom stereocenters. The highest BCUT2D eigenvalue weighted by atomic mass is 19.1. The number of rotatable bonds is 3. The summed E-state index contributed by atoms with van der Waals surface area (Å²) in [5.41, 5.74) is 3.00. The van der Waals surface area contributed by atoms with Gasteiger partial charge in [0.25, 0.3) is 0 Å². The van der Waals surface area contributed by atoms with Crippen molar-refractivity contribution in [2.45, 2.75) is 26.7 Å². The third-order valence-electron chi connectivity index (χ3n) is 3.28. The van der Waals surface area contributed by atoms with Gasteiger partial charge in [0.2, 0.25) is 0 Å². The summed E-state index contributed by atoms with van der Waals surface area (Å²) in [5, 5.41) is 0. The van der Waals surface area contributed by atoms with Crippen LogP contribution >= 0.6 is 0 Å². The molecule has 0 saturated heterocycles. The van der Waals surface area contributed by atoms with E-state index in [1.807, 2.05) is 31.2 Å². The zero-order valence-corrected chi connectivity index (χ0v) is 11.4. The topological polar surface area (TPSA) is 17.1 Å². The Morgan fingerprint density at radius 3 is 2.26 bits per heavy atom. The number of ketones is 1. The van der Waals surface area contributed by atoms with Gasteiger partial charge in [-0.1, -0.05) is 44.2 Å². The molecule has 19 heavy (non-hydrogen) atoms. The van der Waals surface area contributed by atoms with Crippen LogP contribution in [-0.2, 0) is 0 Å². The maximum atomic E-state index is 13.2. The van der Waals surface area contributed by atoms with Gasteiger partial charge >= 0.3 is 0 Å². The number of aryl methyl sites for hydroxylation is 1. The number of benzene rings is 2. The van der Waals surface area contributed by atoms with Gasteiger partial charge in [-0.05, 0) is 36.1 Å². The number of carbonyl (C=O) groups excluding carboxylic acids is 1. The summed E-state index contributed by atoms with van der Waals surface area (Å²) in [6.07, 6.45) is 0. The van der Waals surface area contributed by atoms with Crippen molar-refractivity contribution in [1.82, 2.24) is 0 Å². The van der Waals surface area contributed by atoms with Crippen molar-refractivity contribution in [3.8, 4) is 0 Å². The van der Waals surface area contributed by atoms with E-state index in [2.05, 4.69) is 13.8 Å². The van der Waals surface area contributed by atoms with Gasteiger partial charge in [-0.3, -0.25) is 4.79 Å². The molecule has 0 bridgehead atoms. The van der Waals surface area contributed by atoms with Crippen molar-refractivity contribution < 1.29 is 9.18 Å². The maximum Gasteiger partial charge on any atom is 0.193 e. The molecule has 0 N–H and O–H groups in total. The SMILES string of the molecule is Cc1ccc(F)cc1C(=O)c1ccc(C(C)C)cc1. The second kappa shape index (κ2) is 5.35. The molecule has 2 aromatic rings. The molecule has 0 saturated carbocycles. The molecule has 2 aromatic carbocycles. The lowest BCUT2D eigenvalue weighted by atomic mass is 9.96. The number of carbonyl (C=O) groups is 1. The molecule has 98 valence electrons. The van der Waals surface area contributed by atoms with Gasteiger partial charge in [0, 0.05) is 11.1 Å². The first-order valence-corrected chi connectivity index (χ1v) is 6.40. The summed E-state index contributed by atoms with van der Waals surface area (Å²) in [6.45, 7) is 6.02. The van der Waals surface area contributed by atoms with Gasteiger partial charge < -0.3 is 0 Å². The summed E-state index contributed by atoms with van der Waals surface area (Å²) in [4.78, 5) is 12.3. The van der Waals surface area contributed by atoms with Crippen molar-refractivity contribution in [2.24, 2.45) is 0 Å². The van der Waals surface area contributed by atoms with Crippen LogP contribution in [0.2, 0.25) is 0 Å². The van der Waals surface area contributed by atoms with E-state index in [9.17, 15) is 9.18 Å². The van der Waals surface area contributed by atoms with Gasteiger partial charge in [0.15, 0.2) is 5.78 Å². The van der Waals surface area contributed by atoms with E-state index in [4.69, 9.17) is 0 Å². The highest BCUT2D eigenvalue weighted by Crippen LogP contribution is 2.19. The fourth-order valence-electron chi connectivity index (χ4n) is 2.01. The third-order valence-corrected chi connectivity index (χ3v) is 3.28. The first kappa shape index (κ1) is 13.5. The largest absolute Gasteiger partial charge is 0.289 e. The Hall–Kier alpha value is -1.96. The van der Waals surface area contributed by atoms with Crippen molar-refractivity contribution in [3.63, 3.8) is 0 Å². The minimum atomic E-state index is -0.382. The summed E-state index contributed by atoms with van der Waals surface area (Å²) in [6, 6.07) is 11.8. The highest BCUT2D eigenvalue weighted by Gasteiger charge is 2.13. The van der Waals surface area contributed by atoms with Gasteiger partial charge in [-0.15, -0.1) is 0 Å².